The molecule has 1 heterocycles. The van der Waals surface area contributed by atoms with Crippen molar-refractivity contribution in [1.29, 1.82) is 0 Å². The van der Waals surface area contributed by atoms with Crippen molar-refractivity contribution in [3.8, 4) is 0 Å². The van der Waals surface area contributed by atoms with E-state index in [1.54, 1.807) is 25.1 Å². The molecule has 0 atom stereocenters. The van der Waals surface area contributed by atoms with Gasteiger partial charge in [-0.1, -0.05) is 29.8 Å². The lowest BCUT2D eigenvalue weighted by Crippen LogP contribution is -2.36. The zero-order valence-corrected chi connectivity index (χ0v) is 16.2. The van der Waals surface area contributed by atoms with Crippen molar-refractivity contribution in [3.63, 3.8) is 0 Å². The number of hydrogen-bond donors (Lipinski definition) is 2. The molecule has 1 saturated heterocycles. The monoisotopic (exact) mass is 385 g/mol. The number of hydrogen-bond acceptors (Lipinski definition) is 3. The number of amides is 2. The van der Waals surface area contributed by atoms with Gasteiger partial charge >= 0.3 is 11.8 Å². The van der Waals surface area contributed by atoms with Crippen LogP contribution < -0.4 is 15.5 Å². The second-order valence-corrected chi connectivity index (χ2v) is 7.14. The van der Waals surface area contributed by atoms with E-state index >= 15 is 0 Å². The van der Waals surface area contributed by atoms with Crippen molar-refractivity contribution in [2.75, 3.05) is 29.9 Å². The average molecular weight is 386 g/mol. The van der Waals surface area contributed by atoms with Crippen LogP contribution in [0.25, 0.3) is 0 Å². The summed E-state index contributed by atoms with van der Waals surface area (Å²) in [5.74, 6) is -1.34. The Kier molecular flexibility index (Phi) is 6.35. The van der Waals surface area contributed by atoms with Crippen LogP contribution in [0.5, 0.6) is 0 Å². The third-order valence-corrected chi connectivity index (χ3v) is 5.24. The molecular formula is C21H24ClN3O2. The van der Waals surface area contributed by atoms with Gasteiger partial charge in [0, 0.05) is 36.0 Å². The first-order chi connectivity index (χ1) is 13.0. The summed E-state index contributed by atoms with van der Waals surface area (Å²) in [6, 6.07) is 13.6. The molecule has 1 fully saturated rings. The van der Waals surface area contributed by atoms with Gasteiger partial charge in [0.15, 0.2) is 0 Å². The van der Waals surface area contributed by atoms with Gasteiger partial charge in [0.25, 0.3) is 0 Å². The highest BCUT2D eigenvalue weighted by Crippen LogP contribution is 2.23. The molecule has 27 heavy (non-hydrogen) atoms. The molecule has 0 radical (unpaired) electrons. The number of nitrogens with zero attached hydrogens (tertiary/aromatic N) is 1. The zero-order chi connectivity index (χ0) is 19.2. The first kappa shape index (κ1) is 19.2. The Labute approximate surface area is 164 Å². The van der Waals surface area contributed by atoms with Crippen molar-refractivity contribution < 1.29 is 9.59 Å². The van der Waals surface area contributed by atoms with E-state index in [2.05, 4.69) is 39.8 Å². The molecule has 3 rings (SSSR count). The minimum atomic E-state index is -0.690. The van der Waals surface area contributed by atoms with Crippen LogP contribution in [0.3, 0.4) is 0 Å². The third-order valence-electron chi connectivity index (χ3n) is 4.83. The van der Waals surface area contributed by atoms with Crippen molar-refractivity contribution in [2.45, 2.75) is 26.2 Å². The van der Waals surface area contributed by atoms with Crippen LogP contribution in [-0.2, 0) is 16.0 Å². The van der Waals surface area contributed by atoms with E-state index in [4.69, 9.17) is 11.6 Å². The fraction of sp³-hybridized carbons (Fsp3) is 0.333. The number of carbonyl (C=O) groups excluding carboxylic acids is 2. The molecule has 6 heteroatoms. The first-order valence-electron chi connectivity index (χ1n) is 9.23. The standard InChI is InChI=1S/C21H24ClN3O2/c1-15-18(22)5-4-6-19(15)24-21(27)20(26)23-12-11-16-7-9-17(10-8-16)25-13-2-3-14-25/h4-10H,2-3,11-14H2,1H3,(H,23,26)(H,24,27). The Bertz CT molecular complexity index is 815. The maximum atomic E-state index is 12.0. The molecule has 142 valence electrons. The Balaban J connectivity index is 1.46. The van der Waals surface area contributed by atoms with E-state index in [1.807, 2.05) is 0 Å². The van der Waals surface area contributed by atoms with Crippen LogP contribution in [0.4, 0.5) is 11.4 Å². The number of rotatable bonds is 5. The van der Waals surface area contributed by atoms with Crippen LogP contribution in [0.2, 0.25) is 5.02 Å². The molecule has 5 nitrogen and oxygen atoms in total. The molecule has 0 unspecified atom stereocenters. The lowest BCUT2D eigenvalue weighted by atomic mass is 10.1. The second kappa shape index (κ2) is 8.91. The second-order valence-electron chi connectivity index (χ2n) is 6.73. The van der Waals surface area contributed by atoms with Gasteiger partial charge in [0.2, 0.25) is 0 Å². The third kappa shape index (κ3) is 5.01. The van der Waals surface area contributed by atoms with E-state index in [0.717, 1.165) is 24.2 Å². The minimum Gasteiger partial charge on any atom is -0.372 e. The maximum absolute atomic E-state index is 12.0. The fourth-order valence-corrected chi connectivity index (χ4v) is 3.35. The average Bonchev–Trinajstić information content (AvgIpc) is 3.20. The van der Waals surface area contributed by atoms with E-state index in [9.17, 15) is 9.59 Å². The molecule has 0 aromatic heterocycles. The summed E-state index contributed by atoms with van der Waals surface area (Å²) in [5.41, 5.74) is 3.65. The van der Waals surface area contributed by atoms with Gasteiger partial charge in [-0.05, 0) is 61.6 Å². The van der Waals surface area contributed by atoms with Gasteiger partial charge in [-0.3, -0.25) is 9.59 Å². The van der Waals surface area contributed by atoms with Crippen molar-refractivity contribution in [2.24, 2.45) is 0 Å². The summed E-state index contributed by atoms with van der Waals surface area (Å²) in [6.45, 7) is 4.44. The minimum absolute atomic E-state index is 0.407. The highest BCUT2D eigenvalue weighted by atomic mass is 35.5. The number of halogens is 1. The van der Waals surface area contributed by atoms with Gasteiger partial charge in [0.05, 0.1) is 0 Å². The number of nitrogens with one attached hydrogen (secondary N) is 2. The van der Waals surface area contributed by atoms with Gasteiger partial charge in [-0.25, -0.2) is 0 Å². The zero-order valence-electron chi connectivity index (χ0n) is 15.4. The number of benzene rings is 2. The summed E-state index contributed by atoms with van der Waals surface area (Å²) in [4.78, 5) is 26.4. The number of carbonyl (C=O) groups is 2. The molecule has 2 amide bonds. The lowest BCUT2D eigenvalue weighted by Gasteiger charge is -2.17. The molecule has 1 aliphatic rings. The summed E-state index contributed by atoms with van der Waals surface area (Å²) in [7, 11) is 0. The van der Waals surface area contributed by atoms with Gasteiger partial charge in [-0.2, -0.15) is 0 Å². The Hall–Kier alpha value is -2.53. The molecule has 2 aromatic carbocycles. The number of anilines is 2. The molecule has 0 aliphatic carbocycles. The molecule has 2 N–H and O–H groups in total. The van der Waals surface area contributed by atoms with Crippen molar-refractivity contribution in [3.05, 3.63) is 58.6 Å². The van der Waals surface area contributed by atoms with E-state index in [0.29, 0.717) is 23.7 Å². The lowest BCUT2D eigenvalue weighted by molar-refractivity contribution is -0.136. The fourth-order valence-electron chi connectivity index (χ4n) is 3.17. The summed E-state index contributed by atoms with van der Waals surface area (Å²) < 4.78 is 0. The quantitative estimate of drug-likeness (QED) is 0.774. The van der Waals surface area contributed by atoms with Crippen LogP contribution >= 0.6 is 11.6 Å². The summed E-state index contributed by atoms with van der Waals surface area (Å²) in [5, 5.41) is 5.80. The first-order valence-corrected chi connectivity index (χ1v) is 9.60. The molecular weight excluding hydrogens is 362 g/mol. The van der Waals surface area contributed by atoms with E-state index in [-0.39, 0.29) is 0 Å². The topological polar surface area (TPSA) is 61.4 Å². The molecule has 0 spiro atoms. The van der Waals surface area contributed by atoms with Crippen molar-refractivity contribution in [1.82, 2.24) is 5.32 Å². The Morgan fingerprint density at radius 2 is 1.74 bits per heavy atom. The largest absolute Gasteiger partial charge is 0.372 e. The normalized spacial score (nSPS) is 13.5. The van der Waals surface area contributed by atoms with Gasteiger partial charge in [-0.15, -0.1) is 0 Å². The highest BCUT2D eigenvalue weighted by molar-refractivity contribution is 6.40. The summed E-state index contributed by atoms with van der Waals surface area (Å²) in [6.07, 6.45) is 3.19. The molecule has 2 aromatic rings. The highest BCUT2D eigenvalue weighted by Gasteiger charge is 2.15. The van der Waals surface area contributed by atoms with Gasteiger partial charge < -0.3 is 15.5 Å². The maximum Gasteiger partial charge on any atom is 0.313 e. The van der Waals surface area contributed by atoms with Crippen LogP contribution in [0.1, 0.15) is 24.0 Å². The predicted octanol–water partition coefficient (Wildman–Crippen LogP) is 3.55. The molecule has 1 aliphatic heterocycles. The Morgan fingerprint density at radius 3 is 2.44 bits per heavy atom. The van der Waals surface area contributed by atoms with Crippen molar-refractivity contribution >= 4 is 34.8 Å². The molecule has 0 saturated carbocycles. The Morgan fingerprint density at radius 1 is 1.04 bits per heavy atom. The smallest absolute Gasteiger partial charge is 0.313 e. The van der Waals surface area contributed by atoms with Crippen LogP contribution in [-0.4, -0.2) is 31.4 Å². The van der Waals surface area contributed by atoms with Crippen LogP contribution in [0, 0.1) is 6.92 Å². The predicted molar refractivity (Wildman–Crippen MR) is 109 cm³/mol. The van der Waals surface area contributed by atoms with Crippen LogP contribution in [0.15, 0.2) is 42.5 Å². The van der Waals surface area contributed by atoms with E-state index < -0.39 is 11.8 Å². The summed E-state index contributed by atoms with van der Waals surface area (Å²) >= 11 is 6.03. The SMILES string of the molecule is Cc1c(Cl)cccc1NC(=O)C(=O)NCCc1ccc(N2CCCC2)cc1. The molecule has 0 bridgehead atoms. The van der Waals surface area contributed by atoms with Gasteiger partial charge in [0.1, 0.15) is 0 Å². The van der Waals surface area contributed by atoms with E-state index in [1.165, 1.54) is 18.5 Å².